The highest BCUT2D eigenvalue weighted by Crippen LogP contribution is 2.28. The summed E-state index contributed by atoms with van der Waals surface area (Å²) in [6, 6.07) is 3.71. The first-order chi connectivity index (χ1) is 14.8. The lowest BCUT2D eigenvalue weighted by Crippen LogP contribution is -2.16. The third-order valence-corrected chi connectivity index (χ3v) is 6.44. The highest BCUT2D eigenvalue weighted by Gasteiger charge is 2.16. The van der Waals surface area contributed by atoms with Crippen molar-refractivity contribution in [2.24, 2.45) is 0 Å². The van der Waals surface area contributed by atoms with Gasteiger partial charge in [-0.3, -0.25) is 4.79 Å². The Bertz CT molecular complexity index is 1070. The zero-order valence-electron chi connectivity index (χ0n) is 16.9. The van der Waals surface area contributed by atoms with Crippen LogP contribution in [0.5, 0.6) is 0 Å². The molecule has 3 rings (SSSR count). The Balaban J connectivity index is 1.62. The van der Waals surface area contributed by atoms with Crippen LogP contribution in [0, 0.1) is 25.5 Å². The highest BCUT2D eigenvalue weighted by molar-refractivity contribution is 9.10. The number of hydrogen-bond donors (Lipinski definition) is 1. The lowest BCUT2D eigenvalue weighted by atomic mass is 10.3. The third kappa shape index (κ3) is 6.23. The summed E-state index contributed by atoms with van der Waals surface area (Å²) in [5.41, 5.74) is 1.70. The molecule has 1 N–H and O–H groups in total. The van der Waals surface area contributed by atoms with E-state index in [1.807, 2.05) is 31.4 Å². The maximum absolute atomic E-state index is 13.9. The molecular formula is C19H19BrF2N6OS2. The third-order valence-electron chi connectivity index (χ3n) is 4.01. The van der Waals surface area contributed by atoms with E-state index in [1.54, 1.807) is 0 Å². The number of amides is 1. The Kier molecular flexibility index (Phi) is 8.00. The molecule has 2 aromatic heterocycles. The molecule has 12 heteroatoms. The summed E-state index contributed by atoms with van der Waals surface area (Å²) in [5.74, 6) is -0.759. The molecule has 2 heterocycles. The number of aromatic nitrogens is 5. The van der Waals surface area contributed by atoms with Crippen LogP contribution < -0.4 is 5.32 Å². The summed E-state index contributed by atoms with van der Waals surface area (Å²) in [6.07, 6.45) is 0. The van der Waals surface area contributed by atoms with Gasteiger partial charge in [0.05, 0.1) is 17.2 Å². The summed E-state index contributed by atoms with van der Waals surface area (Å²) in [7, 11) is 0. The van der Waals surface area contributed by atoms with Gasteiger partial charge < -0.3 is 9.88 Å². The van der Waals surface area contributed by atoms with Crippen LogP contribution in [0.3, 0.4) is 0 Å². The number of nitrogens with one attached hydrogen (secondary N) is 1. The topological polar surface area (TPSA) is 85.6 Å². The van der Waals surface area contributed by atoms with Crippen LogP contribution in [0.15, 0.2) is 33.0 Å². The van der Waals surface area contributed by atoms with Gasteiger partial charge in [-0.25, -0.2) is 18.7 Å². The summed E-state index contributed by atoms with van der Waals surface area (Å²) in [5, 5.41) is 12.1. The van der Waals surface area contributed by atoms with Crippen LogP contribution in [0.2, 0.25) is 0 Å². The zero-order valence-corrected chi connectivity index (χ0v) is 20.2. The number of carbonyl (C=O) groups is 1. The second kappa shape index (κ2) is 10.5. The minimum atomic E-state index is -0.852. The van der Waals surface area contributed by atoms with Crippen LogP contribution in [-0.4, -0.2) is 36.4 Å². The van der Waals surface area contributed by atoms with E-state index in [0.29, 0.717) is 28.7 Å². The zero-order chi connectivity index (χ0) is 22.5. The molecule has 1 aromatic carbocycles. The van der Waals surface area contributed by atoms with E-state index >= 15 is 0 Å². The quantitative estimate of drug-likeness (QED) is 0.333. The van der Waals surface area contributed by atoms with E-state index in [0.717, 1.165) is 23.3 Å². The monoisotopic (exact) mass is 528 g/mol. The van der Waals surface area contributed by atoms with Gasteiger partial charge in [0.1, 0.15) is 11.6 Å². The van der Waals surface area contributed by atoms with Gasteiger partial charge in [0.25, 0.3) is 0 Å². The lowest BCUT2D eigenvalue weighted by molar-refractivity contribution is -0.113. The summed E-state index contributed by atoms with van der Waals surface area (Å²) < 4.78 is 29.1. The van der Waals surface area contributed by atoms with Crippen LogP contribution >= 0.6 is 39.5 Å². The van der Waals surface area contributed by atoms with Crippen LogP contribution in [0.25, 0.3) is 0 Å². The molecule has 0 aliphatic rings. The largest absolute Gasteiger partial charge is 0.322 e. The van der Waals surface area contributed by atoms with Gasteiger partial charge in [-0.1, -0.05) is 23.5 Å². The number of rotatable bonds is 8. The molecule has 0 aliphatic carbocycles. The van der Waals surface area contributed by atoms with Gasteiger partial charge in [0.2, 0.25) is 5.91 Å². The van der Waals surface area contributed by atoms with Gasteiger partial charge in [0.15, 0.2) is 16.1 Å². The van der Waals surface area contributed by atoms with Gasteiger partial charge >= 0.3 is 0 Å². The molecule has 7 nitrogen and oxygen atoms in total. The first kappa shape index (κ1) is 23.6. The fourth-order valence-corrected chi connectivity index (χ4v) is 4.92. The molecule has 31 heavy (non-hydrogen) atoms. The van der Waals surface area contributed by atoms with E-state index in [-0.39, 0.29) is 15.9 Å². The molecule has 0 bridgehead atoms. The molecule has 0 spiro atoms. The fourth-order valence-electron chi connectivity index (χ4n) is 2.70. The molecule has 0 unspecified atom stereocenters. The van der Waals surface area contributed by atoms with E-state index < -0.39 is 17.5 Å². The van der Waals surface area contributed by atoms with Crippen molar-refractivity contribution >= 4 is 51.0 Å². The Morgan fingerprint density at radius 3 is 2.48 bits per heavy atom. The molecule has 3 aromatic rings. The van der Waals surface area contributed by atoms with E-state index in [9.17, 15) is 13.6 Å². The fraction of sp³-hybridized carbons (Fsp3) is 0.316. The predicted molar refractivity (Wildman–Crippen MR) is 120 cm³/mol. The second-order valence-electron chi connectivity index (χ2n) is 6.45. The van der Waals surface area contributed by atoms with Gasteiger partial charge in [-0.15, -0.1) is 10.2 Å². The normalized spacial score (nSPS) is 11.0. The molecule has 0 fully saturated rings. The number of halogens is 3. The van der Waals surface area contributed by atoms with E-state index in [2.05, 4.69) is 41.4 Å². The number of aryl methyl sites for hydroxylation is 2. The summed E-state index contributed by atoms with van der Waals surface area (Å²) >= 11 is 5.70. The first-order valence-electron chi connectivity index (χ1n) is 9.21. The van der Waals surface area contributed by atoms with Crippen molar-refractivity contribution in [1.29, 1.82) is 0 Å². The average molecular weight is 529 g/mol. The summed E-state index contributed by atoms with van der Waals surface area (Å²) in [6.45, 7) is 6.42. The Morgan fingerprint density at radius 1 is 1.13 bits per heavy atom. The number of nitrogens with zero attached hydrogens (tertiary/aromatic N) is 5. The standard InChI is InChI=1S/C19H19BrF2N6OS2/c1-4-28-15(8-30-18-23-10(2)5-11(3)24-18)26-27-19(28)31-9-16(29)25-17-13(20)6-12(21)7-14(17)22/h5-7H,4,8-9H2,1-3H3,(H,25,29). The Labute approximate surface area is 195 Å². The molecule has 1 amide bonds. The minimum Gasteiger partial charge on any atom is -0.322 e. The van der Waals surface area contributed by atoms with Crippen molar-refractivity contribution in [3.8, 4) is 0 Å². The minimum absolute atomic E-state index is 0.00524. The van der Waals surface area contributed by atoms with Gasteiger partial charge in [-0.2, -0.15) is 0 Å². The molecule has 0 aliphatic heterocycles. The van der Waals surface area contributed by atoms with E-state index in [1.165, 1.54) is 23.5 Å². The molecule has 164 valence electrons. The van der Waals surface area contributed by atoms with Crippen molar-refractivity contribution in [3.05, 3.63) is 51.5 Å². The van der Waals surface area contributed by atoms with Crippen LogP contribution in [0.4, 0.5) is 14.5 Å². The van der Waals surface area contributed by atoms with Gasteiger partial charge in [-0.05, 0) is 48.8 Å². The molecule has 0 saturated heterocycles. The maximum atomic E-state index is 13.9. The number of hydrogen-bond acceptors (Lipinski definition) is 7. The predicted octanol–water partition coefficient (Wildman–Crippen LogP) is 4.77. The van der Waals surface area contributed by atoms with E-state index in [4.69, 9.17) is 0 Å². The van der Waals surface area contributed by atoms with Crippen molar-refractivity contribution in [3.63, 3.8) is 0 Å². The van der Waals surface area contributed by atoms with Crippen LogP contribution in [0.1, 0.15) is 24.1 Å². The maximum Gasteiger partial charge on any atom is 0.234 e. The first-order valence-corrected chi connectivity index (χ1v) is 12.0. The number of benzene rings is 1. The average Bonchev–Trinajstić information content (AvgIpc) is 3.08. The van der Waals surface area contributed by atoms with Crippen molar-refractivity contribution in [2.45, 2.75) is 43.4 Å². The molecule has 0 radical (unpaired) electrons. The summed E-state index contributed by atoms with van der Waals surface area (Å²) in [4.78, 5) is 21.1. The SMILES string of the molecule is CCn1c(CSc2nc(C)cc(C)n2)nnc1SCC(=O)Nc1c(F)cc(F)cc1Br. The number of thioether (sulfide) groups is 2. The van der Waals surface area contributed by atoms with Crippen molar-refractivity contribution < 1.29 is 13.6 Å². The van der Waals surface area contributed by atoms with Crippen LogP contribution in [-0.2, 0) is 17.1 Å². The highest BCUT2D eigenvalue weighted by atomic mass is 79.9. The lowest BCUT2D eigenvalue weighted by Gasteiger charge is -2.09. The Hall–Kier alpha value is -2.05. The number of anilines is 1. The molecule has 0 atom stereocenters. The second-order valence-corrected chi connectivity index (χ2v) is 9.19. The molecule has 0 saturated carbocycles. The Morgan fingerprint density at radius 2 is 1.84 bits per heavy atom. The molecular weight excluding hydrogens is 510 g/mol. The smallest absolute Gasteiger partial charge is 0.234 e. The van der Waals surface area contributed by atoms with Crippen molar-refractivity contribution in [2.75, 3.05) is 11.1 Å². The van der Waals surface area contributed by atoms with Crippen molar-refractivity contribution in [1.82, 2.24) is 24.7 Å². The van der Waals surface area contributed by atoms with Gasteiger partial charge in [0, 0.05) is 28.5 Å². The number of carbonyl (C=O) groups excluding carboxylic acids is 1.